The topological polar surface area (TPSA) is 12.0 Å². The van der Waals surface area contributed by atoms with Crippen LogP contribution in [0.5, 0.6) is 0 Å². The highest BCUT2D eigenvalue weighted by molar-refractivity contribution is 5.14. The molecule has 0 atom stereocenters. The van der Waals surface area contributed by atoms with E-state index in [0.717, 1.165) is 12.5 Å². The molecule has 0 saturated heterocycles. The van der Waals surface area contributed by atoms with Gasteiger partial charge >= 0.3 is 0 Å². The number of hydrogen-bond donors (Lipinski definition) is 1. The maximum atomic E-state index is 3.67. The summed E-state index contributed by atoms with van der Waals surface area (Å²) >= 11 is 0. The summed E-state index contributed by atoms with van der Waals surface area (Å²) in [5, 5.41) is 3.67. The Labute approximate surface area is 114 Å². The van der Waals surface area contributed by atoms with Crippen molar-refractivity contribution in [2.24, 2.45) is 11.3 Å². The molecule has 1 aliphatic carbocycles. The van der Waals surface area contributed by atoms with Crippen LogP contribution in [0.4, 0.5) is 0 Å². The smallest absolute Gasteiger partial charge is 0.0172 e. The third-order valence-electron chi connectivity index (χ3n) is 3.57. The molecule has 0 bridgehead atoms. The summed E-state index contributed by atoms with van der Waals surface area (Å²) in [6.45, 7) is 14.8. The lowest BCUT2D eigenvalue weighted by atomic mass is 9.80. The Hall–Kier alpha value is -0.300. The SMILES string of the molecule is CC(C)(C)C=C(CNC(C)(C)C)C1CCCCC1. The van der Waals surface area contributed by atoms with Crippen LogP contribution in [0.2, 0.25) is 0 Å². The zero-order valence-electron chi connectivity index (χ0n) is 13.4. The van der Waals surface area contributed by atoms with Gasteiger partial charge in [-0.15, -0.1) is 0 Å². The van der Waals surface area contributed by atoms with Crippen LogP contribution in [0.1, 0.15) is 73.6 Å². The molecule has 0 spiro atoms. The van der Waals surface area contributed by atoms with Crippen molar-refractivity contribution in [2.45, 2.75) is 79.2 Å². The second-order valence-electron chi connectivity index (χ2n) is 8.02. The molecule has 1 N–H and O–H groups in total. The first kappa shape index (κ1) is 15.8. The molecule has 1 saturated carbocycles. The van der Waals surface area contributed by atoms with Gasteiger partial charge in [-0.25, -0.2) is 0 Å². The zero-order chi connectivity index (χ0) is 13.8. The van der Waals surface area contributed by atoms with Crippen LogP contribution in [-0.2, 0) is 0 Å². The van der Waals surface area contributed by atoms with E-state index < -0.39 is 0 Å². The lowest BCUT2D eigenvalue weighted by Crippen LogP contribution is -2.38. The first-order chi connectivity index (χ1) is 8.17. The van der Waals surface area contributed by atoms with Gasteiger partial charge in [-0.2, -0.15) is 0 Å². The average Bonchev–Trinajstić information content (AvgIpc) is 2.23. The highest BCUT2D eigenvalue weighted by atomic mass is 14.9. The van der Waals surface area contributed by atoms with Crippen LogP contribution in [-0.4, -0.2) is 12.1 Å². The van der Waals surface area contributed by atoms with E-state index in [4.69, 9.17) is 0 Å². The molecule has 0 unspecified atom stereocenters. The summed E-state index contributed by atoms with van der Waals surface area (Å²) in [4.78, 5) is 0. The number of hydrogen-bond acceptors (Lipinski definition) is 1. The molecule has 0 heterocycles. The minimum atomic E-state index is 0.214. The van der Waals surface area contributed by atoms with Gasteiger partial charge < -0.3 is 5.32 Å². The molecule has 1 aliphatic rings. The van der Waals surface area contributed by atoms with Crippen molar-refractivity contribution in [3.8, 4) is 0 Å². The van der Waals surface area contributed by atoms with Crippen LogP contribution >= 0.6 is 0 Å². The molecule has 0 aliphatic heterocycles. The van der Waals surface area contributed by atoms with Gasteiger partial charge in [-0.1, -0.05) is 51.7 Å². The Morgan fingerprint density at radius 3 is 2.00 bits per heavy atom. The number of rotatable bonds is 3. The van der Waals surface area contributed by atoms with E-state index in [-0.39, 0.29) is 5.54 Å². The normalized spacial score (nSPS) is 20.2. The molecule has 0 radical (unpaired) electrons. The monoisotopic (exact) mass is 251 g/mol. The maximum Gasteiger partial charge on any atom is 0.0172 e. The van der Waals surface area contributed by atoms with E-state index in [2.05, 4.69) is 52.9 Å². The van der Waals surface area contributed by atoms with Crippen LogP contribution in [0, 0.1) is 11.3 Å². The molecule has 0 aromatic heterocycles. The van der Waals surface area contributed by atoms with Crippen molar-refractivity contribution in [1.82, 2.24) is 5.32 Å². The van der Waals surface area contributed by atoms with E-state index in [1.165, 1.54) is 32.1 Å². The van der Waals surface area contributed by atoms with Gasteiger partial charge in [0, 0.05) is 12.1 Å². The Balaban J connectivity index is 2.71. The van der Waals surface area contributed by atoms with E-state index in [1.807, 2.05) is 0 Å². The van der Waals surface area contributed by atoms with Gasteiger partial charge in [0.1, 0.15) is 0 Å². The molecule has 0 aromatic rings. The fourth-order valence-corrected chi connectivity index (χ4v) is 2.71. The van der Waals surface area contributed by atoms with Crippen molar-refractivity contribution in [1.29, 1.82) is 0 Å². The van der Waals surface area contributed by atoms with Crippen molar-refractivity contribution in [3.63, 3.8) is 0 Å². The van der Waals surface area contributed by atoms with E-state index in [1.54, 1.807) is 5.57 Å². The van der Waals surface area contributed by atoms with Crippen molar-refractivity contribution in [3.05, 3.63) is 11.6 Å². The van der Waals surface area contributed by atoms with Crippen LogP contribution in [0.15, 0.2) is 11.6 Å². The van der Waals surface area contributed by atoms with Gasteiger partial charge in [0.25, 0.3) is 0 Å². The second-order valence-corrected chi connectivity index (χ2v) is 8.02. The van der Waals surface area contributed by atoms with Crippen LogP contribution < -0.4 is 5.32 Å². The third kappa shape index (κ3) is 6.58. The van der Waals surface area contributed by atoms with E-state index in [0.29, 0.717) is 5.41 Å². The summed E-state index contributed by atoms with van der Waals surface area (Å²) < 4.78 is 0. The molecule has 1 heteroatoms. The Morgan fingerprint density at radius 1 is 1.00 bits per heavy atom. The summed E-state index contributed by atoms with van der Waals surface area (Å²) in [6.07, 6.45) is 9.58. The van der Waals surface area contributed by atoms with Gasteiger partial charge in [-0.3, -0.25) is 0 Å². The standard InChI is InChI=1S/C17H33N/c1-16(2,3)12-15(13-18-17(4,5)6)14-10-8-7-9-11-14/h12,14,18H,7-11,13H2,1-6H3. The van der Waals surface area contributed by atoms with Crippen molar-refractivity contribution in [2.75, 3.05) is 6.54 Å². The molecule has 18 heavy (non-hydrogen) atoms. The minimum absolute atomic E-state index is 0.214. The molecule has 1 fully saturated rings. The van der Waals surface area contributed by atoms with Gasteiger partial charge in [0.2, 0.25) is 0 Å². The molecular formula is C17H33N. The van der Waals surface area contributed by atoms with Crippen LogP contribution in [0.3, 0.4) is 0 Å². The van der Waals surface area contributed by atoms with Crippen molar-refractivity contribution < 1.29 is 0 Å². The number of nitrogens with one attached hydrogen (secondary N) is 1. The first-order valence-corrected chi connectivity index (χ1v) is 7.64. The first-order valence-electron chi connectivity index (χ1n) is 7.64. The van der Waals surface area contributed by atoms with Crippen molar-refractivity contribution >= 4 is 0 Å². The Kier molecular flexibility index (Phi) is 5.46. The zero-order valence-corrected chi connectivity index (χ0v) is 13.4. The fourth-order valence-electron chi connectivity index (χ4n) is 2.71. The van der Waals surface area contributed by atoms with Gasteiger partial charge in [0.05, 0.1) is 0 Å². The fraction of sp³-hybridized carbons (Fsp3) is 0.882. The Bertz CT molecular complexity index is 269. The molecule has 1 nitrogen and oxygen atoms in total. The van der Waals surface area contributed by atoms with E-state index >= 15 is 0 Å². The molecule has 1 rings (SSSR count). The van der Waals surface area contributed by atoms with Gasteiger partial charge in [-0.05, 0) is 44.9 Å². The summed E-state index contributed by atoms with van der Waals surface area (Å²) in [7, 11) is 0. The quantitative estimate of drug-likeness (QED) is 0.701. The third-order valence-corrected chi connectivity index (χ3v) is 3.57. The molecule has 0 amide bonds. The largest absolute Gasteiger partial charge is 0.308 e. The highest BCUT2D eigenvalue weighted by Gasteiger charge is 2.21. The maximum absolute atomic E-state index is 3.67. The lowest BCUT2D eigenvalue weighted by Gasteiger charge is -2.30. The molecular weight excluding hydrogens is 218 g/mol. The predicted molar refractivity (Wildman–Crippen MR) is 81.9 cm³/mol. The lowest BCUT2D eigenvalue weighted by molar-refractivity contribution is 0.370. The average molecular weight is 251 g/mol. The van der Waals surface area contributed by atoms with Crippen LogP contribution in [0.25, 0.3) is 0 Å². The number of allylic oxidation sites excluding steroid dienone is 1. The summed E-state index contributed by atoms with van der Waals surface area (Å²) in [5.74, 6) is 0.827. The van der Waals surface area contributed by atoms with Gasteiger partial charge in [0.15, 0.2) is 0 Å². The Morgan fingerprint density at radius 2 is 1.56 bits per heavy atom. The minimum Gasteiger partial charge on any atom is -0.308 e. The second kappa shape index (κ2) is 6.23. The van der Waals surface area contributed by atoms with E-state index in [9.17, 15) is 0 Å². The summed E-state index contributed by atoms with van der Waals surface area (Å²) in [6, 6.07) is 0. The highest BCUT2D eigenvalue weighted by Crippen LogP contribution is 2.32. The summed E-state index contributed by atoms with van der Waals surface area (Å²) in [5.41, 5.74) is 2.16. The molecule has 0 aromatic carbocycles. The molecule has 106 valence electrons. The predicted octanol–water partition coefficient (Wildman–Crippen LogP) is 4.93.